The summed E-state index contributed by atoms with van der Waals surface area (Å²) in [6, 6.07) is 14.7. The Bertz CT molecular complexity index is 809. The van der Waals surface area contributed by atoms with E-state index < -0.39 is 5.72 Å². The molecule has 1 N–H and O–H groups in total. The van der Waals surface area contributed by atoms with E-state index in [1.54, 1.807) is 0 Å². The van der Waals surface area contributed by atoms with Crippen LogP contribution in [0.1, 0.15) is 30.5 Å². The van der Waals surface area contributed by atoms with Crippen LogP contribution in [0.2, 0.25) is 0 Å². The normalized spacial score (nSPS) is 25.4. The smallest absolute Gasteiger partial charge is 0.188 e. The molecule has 0 spiro atoms. The molecule has 0 saturated carbocycles. The summed E-state index contributed by atoms with van der Waals surface area (Å²) in [7, 11) is 0. The van der Waals surface area contributed by atoms with Gasteiger partial charge in [-0.25, -0.2) is 0 Å². The van der Waals surface area contributed by atoms with Crippen molar-refractivity contribution in [2.75, 3.05) is 4.90 Å². The maximum atomic E-state index is 6.40. The molecular formula is C18H17BrN2OS. The van der Waals surface area contributed by atoms with Crippen molar-refractivity contribution >= 4 is 38.9 Å². The van der Waals surface area contributed by atoms with E-state index in [1.165, 1.54) is 5.56 Å². The van der Waals surface area contributed by atoms with Crippen LogP contribution in [0, 0.1) is 6.92 Å². The van der Waals surface area contributed by atoms with Crippen molar-refractivity contribution in [1.29, 1.82) is 0 Å². The molecule has 1 saturated heterocycles. The van der Waals surface area contributed by atoms with Crippen molar-refractivity contribution in [3.63, 3.8) is 0 Å². The number of hydrogen-bond acceptors (Lipinski definition) is 2. The van der Waals surface area contributed by atoms with Crippen LogP contribution in [-0.2, 0) is 0 Å². The van der Waals surface area contributed by atoms with Crippen LogP contribution in [0.5, 0.6) is 5.75 Å². The van der Waals surface area contributed by atoms with E-state index in [0.717, 1.165) is 27.9 Å². The fourth-order valence-corrected chi connectivity index (χ4v) is 4.32. The van der Waals surface area contributed by atoms with Crippen molar-refractivity contribution in [1.82, 2.24) is 5.32 Å². The van der Waals surface area contributed by atoms with Crippen molar-refractivity contribution in [3.05, 3.63) is 58.1 Å². The van der Waals surface area contributed by atoms with Crippen LogP contribution in [-0.4, -0.2) is 10.8 Å². The van der Waals surface area contributed by atoms with E-state index in [2.05, 4.69) is 70.3 Å². The Hall–Kier alpha value is -1.59. The minimum atomic E-state index is -0.485. The van der Waals surface area contributed by atoms with Gasteiger partial charge in [-0.3, -0.25) is 4.90 Å². The highest BCUT2D eigenvalue weighted by atomic mass is 79.9. The zero-order valence-corrected chi connectivity index (χ0v) is 15.4. The molecule has 4 rings (SSSR count). The summed E-state index contributed by atoms with van der Waals surface area (Å²) in [6.07, 6.45) is 0.838. The van der Waals surface area contributed by atoms with E-state index in [9.17, 15) is 0 Å². The van der Waals surface area contributed by atoms with Crippen molar-refractivity contribution < 1.29 is 4.74 Å². The Balaban J connectivity index is 1.81. The second-order valence-corrected chi connectivity index (χ2v) is 7.64. The second kappa shape index (κ2) is 5.21. The number of thiocarbonyl (C=S) groups is 1. The molecule has 5 heteroatoms. The number of fused-ring (bicyclic) bond motifs is 4. The van der Waals surface area contributed by atoms with E-state index in [4.69, 9.17) is 17.0 Å². The van der Waals surface area contributed by atoms with Crippen LogP contribution in [0.15, 0.2) is 46.9 Å². The molecule has 0 aliphatic carbocycles. The van der Waals surface area contributed by atoms with Crippen LogP contribution >= 0.6 is 28.1 Å². The molecule has 2 atom stereocenters. The number of nitrogens with one attached hydrogen (secondary N) is 1. The lowest BCUT2D eigenvalue weighted by Gasteiger charge is -2.52. The van der Waals surface area contributed by atoms with Gasteiger partial charge in [-0.05, 0) is 62.0 Å². The third-order valence-electron chi connectivity index (χ3n) is 4.49. The zero-order valence-electron chi connectivity index (χ0n) is 13.0. The van der Waals surface area contributed by atoms with Crippen LogP contribution in [0.4, 0.5) is 5.69 Å². The molecule has 2 heterocycles. The van der Waals surface area contributed by atoms with Gasteiger partial charge in [0.25, 0.3) is 0 Å². The van der Waals surface area contributed by atoms with Crippen LogP contribution < -0.4 is 15.0 Å². The predicted octanol–water partition coefficient (Wildman–Crippen LogP) is 4.69. The fourth-order valence-electron chi connectivity index (χ4n) is 3.50. The highest BCUT2D eigenvalue weighted by Crippen LogP contribution is 2.46. The number of rotatable bonds is 1. The molecule has 0 aromatic heterocycles. The predicted molar refractivity (Wildman–Crippen MR) is 99.9 cm³/mol. The number of hydrogen-bond donors (Lipinski definition) is 1. The Morgan fingerprint density at radius 1 is 1.30 bits per heavy atom. The van der Waals surface area contributed by atoms with Gasteiger partial charge in [0, 0.05) is 22.1 Å². The first-order chi connectivity index (χ1) is 11.0. The summed E-state index contributed by atoms with van der Waals surface area (Å²) >= 11 is 9.20. The molecular weight excluding hydrogens is 372 g/mol. The number of benzene rings is 2. The number of ether oxygens (including phenoxy) is 1. The Kier molecular flexibility index (Phi) is 3.39. The first-order valence-electron chi connectivity index (χ1n) is 7.62. The largest absolute Gasteiger partial charge is 0.467 e. The van der Waals surface area contributed by atoms with Crippen molar-refractivity contribution in [2.45, 2.75) is 32.0 Å². The van der Waals surface area contributed by atoms with Gasteiger partial charge >= 0.3 is 0 Å². The molecule has 2 aliphatic rings. The molecule has 0 amide bonds. The Morgan fingerprint density at radius 2 is 2.13 bits per heavy atom. The Labute approximate surface area is 149 Å². The number of anilines is 1. The van der Waals surface area contributed by atoms with Gasteiger partial charge < -0.3 is 10.1 Å². The highest BCUT2D eigenvalue weighted by molar-refractivity contribution is 9.10. The number of aryl methyl sites for hydroxylation is 1. The van der Waals surface area contributed by atoms with E-state index in [0.29, 0.717) is 5.11 Å². The lowest BCUT2D eigenvalue weighted by atomic mass is 9.90. The van der Waals surface area contributed by atoms with Gasteiger partial charge in [0.2, 0.25) is 0 Å². The molecule has 118 valence electrons. The highest BCUT2D eigenvalue weighted by Gasteiger charge is 2.48. The van der Waals surface area contributed by atoms with Gasteiger partial charge in [-0.2, -0.15) is 0 Å². The molecule has 0 radical (unpaired) electrons. The van der Waals surface area contributed by atoms with Gasteiger partial charge in [0.05, 0.1) is 6.04 Å². The maximum absolute atomic E-state index is 6.40. The SMILES string of the molecule is Cc1cccc(N2C(=S)N[C@@H]3C[C@@]2(C)Oc2ccc(Br)cc23)c1. The molecule has 2 aromatic rings. The van der Waals surface area contributed by atoms with Crippen molar-refractivity contribution in [2.24, 2.45) is 0 Å². The van der Waals surface area contributed by atoms with Gasteiger partial charge in [0.1, 0.15) is 5.75 Å². The average Bonchev–Trinajstić information content (AvgIpc) is 2.47. The second-order valence-electron chi connectivity index (χ2n) is 6.34. The molecule has 2 aliphatic heterocycles. The van der Waals surface area contributed by atoms with Crippen LogP contribution in [0.3, 0.4) is 0 Å². The molecule has 2 aromatic carbocycles. The molecule has 2 bridgehead atoms. The molecule has 23 heavy (non-hydrogen) atoms. The first kappa shape index (κ1) is 15.0. The lowest BCUT2D eigenvalue weighted by Crippen LogP contribution is -2.65. The summed E-state index contributed by atoms with van der Waals surface area (Å²) in [5.41, 5.74) is 2.94. The molecule has 0 unspecified atom stereocenters. The fraction of sp³-hybridized carbons (Fsp3) is 0.278. The first-order valence-corrected chi connectivity index (χ1v) is 8.82. The molecule has 3 nitrogen and oxygen atoms in total. The van der Waals surface area contributed by atoms with Gasteiger partial charge in [-0.15, -0.1) is 0 Å². The quantitative estimate of drug-likeness (QED) is 0.716. The summed E-state index contributed by atoms with van der Waals surface area (Å²) in [5, 5.41) is 4.19. The zero-order chi connectivity index (χ0) is 16.2. The standard InChI is InChI=1S/C18H17BrN2OS/c1-11-4-3-5-13(8-11)21-17(23)20-15-10-18(21,2)22-16-7-6-12(19)9-14(15)16/h3-9,15H,10H2,1-2H3,(H,20,23)/t15-,18-/m1/s1. The van der Waals surface area contributed by atoms with Crippen molar-refractivity contribution in [3.8, 4) is 5.75 Å². The number of halogens is 1. The molecule has 1 fully saturated rings. The summed E-state index contributed by atoms with van der Waals surface area (Å²) in [6.45, 7) is 4.20. The third-order valence-corrected chi connectivity index (χ3v) is 5.29. The monoisotopic (exact) mass is 388 g/mol. The number of nitrogens with zero attached hydrogens (tertiary/aromatic N) is 1. The van der Waals surface area contributed by atoms with Gasteiger partial charge in [-0.1, -0.05) is 28.1 Å². The minimum Gasteiger partial charge on any atom is -0.467 e. The Morgan fingerprint density at radius 3 is 2.91 bits per heavy atom. The van der Waals surface area contributed by atoms with E-state index in [-0.39, 0.29) is 6.04 Å². The average molecular weight is 389 g/mol. The lowest BCUT2D eigenvalue weighted by molar-refractivity contribution is 0.0497. The maximum Gasteiger partial charge on any atom is 0.188 e. The topological polar surface area (TPSA) is 24.5 Å². The minimum absolute atomic E-state index is 0.176. The van der Waals surface area contributed by atoms with E-state index >= 15 is 0 Å². The summed E-state index contributed by atoms with van der Waals surface area (Å²) in [5.74, 6) is 0.916. The van der Waals surface area contributed by atoms with Gasteiger partial charge in [0.15, 0.2) is 10.8 Å². The van der Waals surface area contributed by atoms with E-state index in [1.807, 2.05) is 12.1 Å². The van der Waals surface area contributed by atoms with Crippen LogP contribution in [0.25, 0.3) is 0 Å². The summed E-state index contributed by atoms with van der Waals surface area (Å²) in [4.78, 5) is 2.09. The third kappa shape index (κ3) is 2.42. The summed E-state index contributed by atoms with van der Waals surface area (Å²) < 4.78 is 7.45.